The average Bonchev–Trinajstić information content (AvgIpc) is 2.40. The molecule has 0 amide bonds. The number of ether oxygens (including phenoxy) is 2. The lowest BCUT2D eigenvalue weighted by molar-refractivity contribution is -0.281. The Balaban J connectivity index is 3.20. The molecule has 0 aromatic rings. The van der Waals surface area contributed by atoms with E-state index in [0.29, 0.717) is 0 Å². The van der Waals surface area contributed by atoms with Crippen molar-refractivity contribution in [3.8, 4) is 0 Å². The van der Waals surface area contributed by atoms with Crippen molar-refractivity contribution in [3.05, 3.63) is 0 Å². The molecule has 1 N–H and O–H groups in total. The van der Waals surface area contributed by atoms with Crippen LogP contribution >= 0.6 is 0 Å². The summed E-state index contributed by atoms with van der Waals surface area (Å²) in [5.41, 5.74) is 0. The maximum absolute atomic E-state index is 11.8. The topological polar surface area (TPSA) is 83.5 Å². The van der Waals surface area contributed by atoms with Crippen molar-refractivity contribution in [1.29, 1.82) is 0 Å². The maximum Gasteiger partial charge on any atom is 0.303 e. The highest BCUT2D eigenvalue weighted by molar-refractivity contribution is 6.70. The van der Waals surface area contributed by atoms with E-state index in [4.69, 9.17) is 22.8 Å². The van der Waals surface area contributed by atoms with Gasteiger partial charge < -0.3 is 27.9 Å². The van der Waals surface area contributed by atoms with Crippen LogP contribution in [0.4, 0.5) is 0 Å². The molecule has 1 saturated heterocycles. The van der Waals surface area contributed by atoms with Crippen LogP contribution in [0.5, 0.6) is 0 Å². The number of aliphatic hydroxyl groups excluding tert-OH is 1. The summed E-state index contributed by atoms with van der Waals surface area (Å²) in [5.74, 6) is -0.438. The van der Waals surface area contributed by atoms with E-state index in [0.717, 1.165) is 0 Å². The summed E-state index contributed by atoms with van der Waals surface area (Å²) in [5, 5.41) is 10.6. The zero-order valence-corrected chi connectivity index (χ0v) is 21.5. The van der Waals surface area contributed by atoms with Crippen LogP contribution in [0.3, 0.4) is 0 Å². The third kappa shape index (κ3) is 9.31. The number of aliphatic hydroxyl groups is 1. The van der Waals surface area contributed by atoms with Crippen molar-refractivity contribution < 1.29 is 32.7 Å². The quantitative estimate of drug-likeness (QED) is 0.461. The molecule has 160 valence electrons. The Kier molecular flexibility index (Phi) is 8.47. The standard InChI is InChI=1S/C17H38O7Si3/c1-12(18)21-15-14(23-26(5,6)7)13(11-20-25(2,3)4)22-17(19)16(15)24-27(8,9)10/h13-17,19H,11H2,1-10H3. The van der Waals surface area contributed by atoms with Crippen LogP contribution in [-0.4, -0.2) is 73.3 Å². The lowest BCUT2D eigenvalue weighted by atomic mass is 9.99. The summed E-state index contributed by atoms with van der Waals surface area (Å²) in [6.07, 6.45) is -3.84. The highest BCUT2D eigenvalue weighted by atomic mass is 28.4. The summed E-state index contributed by atoms with van der Waals surface area (Å²) in [4.78, 5) is 11.8. The number of rotatable bonds is 8. The smallest absolute Gasteiger partial charge is 0.303 e. The van der Waals surface area contributed by atoms with Gasteiger partial charge in [-0.15, -0.1) is 0 Å². The van der Waals surface area contributed by atoms with Crippen molar-refractivity contribution >= 4 is 30.9 Å². The molecule has 1 rings (SSSR count). The molecule has 1 aliphatic rings. The van der Waals surface area contributed by atoms with Gasteiger partial charge in [-0.25, -0.2) is 0 Å². The van der Waals surface area contributed by atoms with Gasteiger partial charge in [0.05, 0.1) is 6.61 Å². The molecule has 1 fully saturated rings. The molecular weight excluding hydrogens is 400 g/mol. The zero-order valence-electron chi connectivity index (χ0n) is 18.5. The van der Waals surface area contributed by atoms with E-state index in [1.54, 1.807) is 0 Å². The summed E-state index contributed by atoms with van der Waals surface area (Å²) < 4.78 is 30.0. The third-order valence-corrected chi connectivity index (χ3v) is 6.56. The van der Waals surface area contributed by atoms with Crippen molar-refractivity contribution in [1.82, 2.24) is 0 Å². The Morgan fingerprint density at radius 1 is 0.852 bits per heavy atom. The van der Waals surface area contributed by atoms with Crippen molar-refractivity contribution in [2.24, 2.45) is 0 Å². The predicted molar refractivity (Wildman–Crippen MR) is 112 cm³/mol. The second kappa shape index (κ2) is 9.16. The molecule has 0 aliphatic carbocycles. The van der Waals surface area contributed by atoms with Crippen LogP contribution in [0.2, 0.25) is 58.9 Å². The van der Waals surface area contributed by atoms with E-state index >= 15 is 0 Å². The third-order valence-electron chi connectivity index (χ3n) is 3.57. The summed E-state index contributed by atoms with van der Waals surface area (Å²) >= 11 is 0. The monoisotopic (exact) mass is 438 g/mol. The van der Waals surface area contributed by atoms with Crippen LogP contribution in [-0.2, 0) is 27.5 Å². The minimum Gasteiger partial charge on any atom is -0.457 e. The van der Waals surface area contributed by atoms with Gasteiger partial charge in [0.2, 0.25) is 0 Å². The van der Waals surface area contributed by atoms with Gasteiger partial charge >= 0.3 is 5.97 Å². The molecule has 0 saturated carbocycles. The van der Waals surface area contributed by atoms with E-state index in [2.05, 4.69) is 39.3 Å². The molecule has 27 heavy (non-hydrogen) atoms. The van der Waals surface area contributed by atoms with E-state index in [1.165, 1.54) is 6.92 Å². The Labute approximate surface area is 167 Å². The SMILES string of the molecule is CC(=O)OC1C(O[Si](C)(C)C)C(O)OC(CO[Si](C)(C)C)C1O[Si](C)(C)C. The molecule has 0 aromatic heterocycles. The van der Waals surface area contributed by atoms with Crippen LogP contribution < -0.4 is 0 Å². The van der Waals surface area contributed by atoms with Gasteiger partial charge in [0.25, 0.3) is 0 Å². The number of esters is 1. The van der Waals surface area contributed by atoms with Crippen LogP contribution in [0.15, 0.2) is 0 Å². The number of carbonyl (C=O) groups is 1. The van der Waals surface area contributed by atoms with Gasteiger partial charge in [0.15, 0.2) is 37.3 Å². The van der Waals surface area contributed by atoms with E-state index < -0.39 is 61.6 Å². The number of carbonyl (C=O) groups excluding carboxylic acids is 1. The molecule has 1 heterocycles. The summed E-state index contributed by atoms with van der Waals surface area (Å²) in [6, 6.07) is 0. The van der Waals surface area contributed by atoms with E-state index in [1.807, 2.05) is 19.6 Å². The normalized spacial score (nSPS) is 30.3. The van der Waals surface area contributed by atoms with E-state index in [-0.39, 0.29) is 6.61 Å². The van der Waals surface area contributed by atoms with Gasteiger partial charge in [-0.2, -0.15) is 0 Å². The molecule has 10 heteroatoms. The van der Waals surface area contributed by atoms with Crippen LogP contribution in [0.1, 0.15) is 6.92 Å². The molecule has 0 aromatic carbocycles. The Morgan fingerprint density at radius 2 is 1.33 bits per heavy atom. The fourth-order valence-corrected chi connectivity index (χ4v) is 5.61. The van der Waals surface area contributed by atoms with Gasteiger partial charge in [-0.05, 0) is 58.9 Å². The zero-order chi connectivity index (χ0) is 21.2. The Morgan fingerprint density at radius 3 is 1.74 bits per heavy atom. The maximum atomic E-state index is 11.8. The van der Waals surface area contributed by atoms with Gasteiger partial charge in [-0.1, -0.05) is 0 Å². The molecule has 5 unspecified atom stereocenters. The fourth-order valence-electron chi connectivity index (χ4n) is 2.77. The summed E-state index contributed by atoms with van der Waals surface area (Å²) in [7, 11) is -5.84. The highest BCUT2D eigenvalue weighted by Gasteiger charge is 2.51. The molecular formula is C17H38O7Si3. The van der Waals surface area contributed by atoms with E-state index in [9.17, 15) is 9.90 Å². The number of hydrogen-bond donors (Lipinski definition) is 1. The average molecular weight is 439 g/mol. The largest absolute Gasteiger partial charge is 0.457 e. The van der Waals surface area contributed by atoms with Crippen molar-refractivity contribution in [2.45, 2.75) is 96.6 Å². The van der Waals surface area contributed by atoms with Crippen molar-refractivity contribution in [3.63, 3.8) is 0 Å². The van der Waals surface area contributed by atoms with Crippen molar-refractivity contribution in [2.75, 3.05) is 6.61 Å². The van der Waals surface area contributed by atoms with Crippen LogP contribution in [0, 0.1) is 0 Å². The molecule has 0 radical (unpaired) electrons. The minimum atomic E-state index is -2.04. The molecule has 1 aliphatic heterocycles. The molecule has 7 nitrogen and oxygen atoms in total. The Hall–Kier alpha value is -0.0794. The lowest BCUT2D eigenvalue weighted by Crippen LogP contribution is -2.64. The molecule has 5 atom stereocenters. The molecule has 0 bridgehead atoms. The van der Waals surface area contributed by atoms with Gasteiger partial charge in [0.1, 0.15) is 18.3 Å². The first kappa shape index (κ1) is 25.0. The van der Waals surface area contributed by atoms with Gasteiger partial charge in [0, 0.05) is 6.92 Å². The first-order chi connectivity index (χ1) is 12.0. The highest BCUT2D eigenvalue weighted by Crippen LogP contribution is 2.31. The fraction of sp³-hybridized carbons (Fsp3) is 0.941. The second-order valence-electron chi connectivity index (χ2n) is 9.95. The number of hydrogen-bond acceptors (Lipinski definition) is 7. The minimum absolute atomic E-state index is 0.277. The van der Waals surface area contributed by atoms with Gasteiger partial charge in [-0.3, -0.25) is 4.79 Å². The predicted octanol–water partition coefficient (Wildman–Crippen LogP) is 2.93. The van der Waals surface area contributed by atoms with Crippen LogP contribution in [0.25, 0.3) is 0 Å². The first-order valence-electron chi connectivity index (χ1n) is 9.49. The Bertz CT molecular complexity index is 496. The summed E-state index contributed by atoms with van der Waals surface area (Å²) in [6.45, 7) is 20.1. The lowest BCUT2D eigenvalue weighted by Gasteiger charge is -2.47. The first-order valence-corrected chi connectivity index (χ1v) is 19.7. The molecule has 0 spiro atoms. The second-order valence-corrected chi connectivity index (χ2v) is 23.4.